The standard InChI is InChI=1S/C25H37N5O6S/c1-4-9-26-25(33)30-15-21-23(16-30)36-22-12-19(18-7-10-29(11-8-18)17(2)31)5-6-24(22)37(34,35)27-13-20(32)14-28(21)3/h4-6,12,18,20-21,23,27,32H,1,7-11,13-16H2,2-3H3,(H,26,33)/t20-,21+,23-/m0/s1. The van der Waals surface area contributed by atoms with E-state index in [0.717, 1.165) is 18.4 Å². The minimum atomic E-state index is -3.96. The Morgan fingerprint density at radius 3 is 2.62 bits per heavy atom. The number of nitrogens with zero attached hydrogens (tertiary/aromatic N) is 3. The Labute approximate surface area is 218 Å². The van der Waals surface area contributed by atoms with E-state index in [1.165, 1.54) is 0 Å². The Bertz CT molecular complexity index is 1120. The van der Waals surface area contributed by atoms with Crippen LogP contribution in [0.25, 0.3) is 0 Å². The van der Waals surface area contributed by atoms with Crippen molar-refractivity contribution in [2.75, 3.05) is 52.9 Å². The Hall–Kier alpha value is -2.67. The molecule has 3 N–H and O–H groups in total. The zero-order valence-corrected chi connectivity index (χ0v) is 22.2. The number of carbonyl (C=O) groups excluding carboxylic acids is 2. The number of rotatable bonds is 3. The number of sulfonamides is 1. The fourth-order valence-electron chi connectivity index (χ4n) is 5.33. The smallest absolute Gasteiger partial charge is 0.317 e. The lowest BCUT2D eigenvalue weighted by atomic mass is 9.89. The number of amides is 3. The topological polar surface area (TPSA) is 132 Å². The number of ether oxygens (including phenoxy) is 1. The highest BCUT2D eigenvalue weighted by Crippen LogP contribution is 2.35. The summed E-state index contributed by atoms with van der Waals surface area (Å²) >= 11 is 0. The van der Waals surface area contributed by atoms with E-state index in [1.807, 2.05) is 16.8 Å². The molecule has 3 aliphatic heterocycles. The van der Waals surface area contributed by atoms with Gasteiger partial charge in [0.25, 0.3) is 0 Å². The van der Waals surface area contributed by atoms with Crippen LogP contribution in [0.5, 0.6) is 5.75 Å². The molecule has 0 saturated carbocycles. The number of aliphatic hydroxyl groups excluding tert-OH is 1. The van der Waals surface area contributed by atoms with Crippen LogP contribution in [0.3, 0.4) is 0 Å². The molecule has 3 atom stereocenters. The molecule has 37 heavy (non-hydrogen) atoms. The van der Waals surface area contributed by atoms with Gasteiger partial charge in [-0.25, -0.2) is 17.9 Å². The van der Waals surface area contributed by atoms with Crippen LogP contribution >= 0.6 is 0 Å². The van der Waals surface area contributed by atoms with Crippen molar-refractivity contribution in [3.8, 4) is 5.75 Å². The maximum atomic E-state index is 13.2. The van der Waals surface area contributed by atoms with E-state index in [1.54, 1.807) is 36.1 Å². The van der Waals surface area contributed by atoms with Crippen molar-refractivity contribution >= 4 is 22.0 Å². The summed E-state index contributed by atoms with van der Waals surface area (Å²) in [4.78, 5) is 29.8. The highest BCUT2D eigenvalue weighted by Gasteiger charge is 2.41. The molecule has 0 aliphatic carbocycles. The van der Waals surface area contributed by atoms with E-state index in [2.05, 4.69) is 16.6 Å². The molecule has 0 unspecified atom stereocenters. The van der Waals surface area contributed by atoms with E-state index >= 15 is 0 Å². The molecular weight excluding hydrogens is 498 g/mol. The summed E-state index contributed by atoms with van der Waals surface area (Å²) in [5, 5.41) is 13.3. The van der Waals surface area contributed by atoms with Gasteiger partial charge in [-0.1, -0.05) is 12.1 Å². The molecule has 1 aromatic rings. The fourth-order valence-corrected chi connectivity index (χ4v) is 6.52. The lowest BCUT2D eigenvalue weighted by Gasteiger charge is -2.32. The van der Waals surface area contributed by atoms with Crippen molar-refractivity contribution in [3.05, 3.63) is 36.4 Å². The quantitative estimate of drug-likeness (QED) is 0.475. The number of likely N-dealkylation sites (tertiary alicyclic amines) is 2. The number of piperidine rings is 1. The summed E-state index contributed by atoms with van der Waals surface area (Å²) in [6.07, 6.45) is 1.72. The predicted molar refractivity (Wildman–Crippen MR) is 138 cm³/mol. The Morgan fingerprint density at radius 2 is 1.95 bits per heavy atom. The van der Waals surface area contributed by atoms with Gasteiger partial charge in [0, 0.05) is 46.2 Å². The van der Waals surface area contributed by atoms with Gasteiger partial charge < -0.3 is 25.0 Å². The number of hydrogen-bond donors (Lipinski definition) is 3. The average Bonchev–Trinajstić information content (AvgIpc) is 3.29. The Balaban J connectivity index is 1.66. The summed E-state index contributed by atoms with van der Waals surface area (Å²) in [5.41, 5.74) is 0.954. The monoisotopic (exact) mass is 535 g/mol. The van der Waals surface area contributed by atoms with Crippen LogP contribution < -0.4 is 14.8 Å². The van der Waals surface area contributed by atoms with Gasteiger partial charge in [-0.2, -0.15) is 0 Å². The lowest BCUT2D eigenvalue weighted by molar-refractivity contribution is -0.129. The minimum Gasteiger partial charge on any atom is -0.485 e. The van der Waals surface area contributed by atoms with Crippen molar-refractivity contribution in [2.45, 2.75) is 48.8 Å². The first-order chi connectivity index (χ1) is 17.6. The number of hydrogen-bond acceptors (Lipinski definition) is 7. The summed E-state index contributed by atoms with van der Waals surface area (Å²) in [5.74, 6) is 0.455. The number of likely N-dealkylation sites (N-methyl/N-ethyl adjacent to an activating group) is 1. The molecule has 4 rings (SSSR count). The molecule has 0 bridgehead atoms. The van der Waals surface area contributed by atoms with Crippen molar-refractivity contribution in [1.29, 1.82) is 0 Å². The zero-order chi connectivity index (χ0) is 26.7. The molecule has 3 aliphatic rings. The van der Waals surface area contributed by atoms with Crippen LogP contribution in [-0.2, 0) is 14.8 Å². The van der Waals surface area contributed by atoms with Crippen molar-refractivity contribution in [1.82, 2.24) is 24.7 Å². The number of aliphatic hydroxyl groups is 1. The summed E-state index contributed by atoms with van der Waals surface area (Å²) in [7, 11) is -2.12. The van der Waals surface area contributed by atoms with Crippen LogP contribution in [0.15, 0.2) is 35.7 Å². The molecule has 0 spiro atoms. The Kier molecular flexibility index (Phi) is 8.42. The van der Waals surface area contributed by atoms with Gasteiger partial charge >= 0.3 is 6.03 Å². The first kappa shape index (κ1) is 27.4. The van der Waals surface area contributed by atoms with Gasteiger partial charge in [0.2, 0.25) is 15.9 Å². The van der Waals surface area contributed by atoms with Crippen LogP contribution in [0.4, 0.5) is 4.79 Å². The number of β-amino-alcohol motifs (C(OH)–C–C–N with tert-alkyl or cyclic N) is 1. The number of nitrogens with one attached hydrogen (secondary N) is 2. The molecular formula is C25H37N5O6S. The van der Waals surface area contributed by atoms with Crippen LogP contribution in [0.1, 0.15) is 31.2 Å². The summed E-state index contributed by atoms with van der Waals surface area (Å²) in [6.45, 7) is 7.54. The van der Waals surface area contributed by atoms with E-state index in [9.17, 15) is 23.1 Å². The van der Waals surface area contributed by atoms with Gasteiger partial charge in [0.05, 0.1) is 18.7 Å². The summed E-state index contributed by atoms with van der Waals surface area (Å²) in [6, 6.07) is 4.64. The third-order valence-corrected chi connectivity index (χ3v) is 8.91. The van der Waals surface area contributed by atoms with E-state index in [-0.39, 0.29) is 54.2 Å². The second-order valence-corrected chi connectivity index (χ2v) is 11.8. The van der Waals surface area contributed by atoms with E-state index in [0.29, 0.717) is 26.2 Å². The molecule has 0 radical (unpaired) electrons. The van der Waals surface area contributed by atoms with Crippen molar-refractivity contribution < 1.29 is 27.9 Å². The normalized spacial score (nSPS) is 26.8. The molecule has 0 aromatic heterocycles. The SMILES string of the molecule is C=CCNC(=O)N1C[C@@H]2Oc3cc(C4CCN(C(C)=O)CC4)ccc3S(=O)(=O)NC[C@H](O)CN(C)[C@@H]2C1. The highest BCUT2D eigenvalue weighted by molar-refractivity contribution is 7.89. The number of fused-ring (bicyclic) bond motifs is 2. The first-order valence-corrected chi connectivity index (χ1v) is 14.1. The number of benzene rings is 1. The van der Waals surface area contributed by atoms with Gasteiger partial charge in [0.15, 0.2) is 0 Å². The molecule has 3 amide bonds. The maximum absolute atomic E-state index is 13.2. The van der Waals surface area contributed by atoms with E-state index < -0.39 is 22.2 Å². The highest BCUT2D eigenvalue weighted by atomic mass is 32.2. The molecule has 2 fully saturated rings. The lowest BCUT2D eigenvalue weighted by Crippen LogP contribution is -2.48. The molecule has 12 heteroatoms. The van der Waals surface area contributed by atoms with Crippen molar-refractivity contribution in [2.24, 2.45) is 0 Å². The van der Waals surface area contributed by atoms with Gasteiger partial charge in [-0.3, -0.25) is 9.69 Å². The number of carbonyl (C=O) groups is 2. The largest absolute Gasteiger partial charge is 0.485 e. The second kappa shape index (κ2) is 11.4. The minimum absolute atomic E-state index is 0.00230. The third-order valence-electron chi connectivity index (χ3n) is 7.44. The molecule has 2 saturated heterocycles. The van der Waals surface area contributed by atoms with E-state index in [4.69, 9.17) is 4.74 Å². The predicted octanol–water partition coefficient (Wildman–Crippen LogP) is 0.324. The van der Waals surface area contributed by atoms with Crippen LogP contribution in [-0.4, -0.2) is 111 Å². The van der Waals surface area contributed by atoms with Gasteiger partial charge in [-0.05, 0) is 43.5 Å². The molecule has 1 aromatic carbocycles. The van der Waals surface area contributed by atoms with Crippen LogP contribution in [0, 0.1) is 0 Å². The molecule has 3 heterocycles. The number of urea groups is 1. The van der Waals surface area contributed by atoms with Gasteiger partial charge in [0.1, 0.15) is 16.7 Å². The first-order valence-electron chi connectivity index (χ1n) is 12.7. The third kappa shape index (κ3) is 6.25. The zero-order valence-electron chi connectivity index (χ0n) is 21.4. The Morgan fingerprint density at radius 1 is 1.22 bits per heavy atom. The average molecular weight is 536 g/mol. The maximum Gasteiger partial charge on any atom is 0.317 e. The molecule has 11 nitrogen and oxygen atoms in total. The fraction of sp³-hybridized carbons (Fsp3) is 0.600. The van der Waals surface area contributed by atoms with Crippen molar-refractivity contribution in [3.63, 3.8) is 0 Å². The van der Waals surface area contributed by atoms with Crippen LogP contribution in [0.2, 0.25) is 0 Å². The molecule has 204 valence electrons. The van der Waals surface area contributed by atoms with Gasteiger partial charge in [-0.15, -0.1) is 6.58 Å². The summed E-state index contributed by atoms with van der Waals surface area (Å²) < 4.78 is 35.3. The second-order valence-electron chi connectivity index (χ2n) is 10.0.